The van der Waals surface area contributed by atoms with Crippen LogP contribution in [0.4, 0.5) is 18.9 Å². The first kappa shape index (κ1) is 20.3. The number of nitrogens with two attached hydrogens (primary N) is 1. The van der Waals surface area contributed by atoms with E-state index in [4.69, 9.17) is 5.73 Å². The van der Waals surface area contributed by atoms with Crippen LogP contribution in [0, 0.1) is 0 Å². The van der Waals surface area contributed by atoms with Crippen LogP contribution in [0.1, 0.15) is 23.6 Å². The molecular weight excluding hydrogens is 430 g/mol. The first-order valence-electron chi connectivity index (χ1n) is 7.20. The summed E-state index contributed by atoms with van der Waals surface area (Å²) in [7, 11) is 0. The highest BCUT2D eigenvalue weighted by molar-refractivity contribution is 14.0. The number of alkyl halides is 3. The Morgan fingerprint density at radius 2 is 1.75 bits per heavy atom. The smallest absolute Gasteiger partial charge is 0.370 e. The summed E-state index contributed by atoms with van der Waals surface area (Å²) in [4.78, 5) is 4.08. The van der Waals surface area contributed by atoms with Crippen LogP contribution in [0.2, 0.25) is 0 Å². The standard InChI is InChI=1S/C17H18F3N3.HI/c1-2-12-5-4-8-15(10-12)23-16(21)22-11-13-6-3-7-14(9-13)17(18,19)20;/h3-10H,2,11H2,1H3,(H3,21,22,23);1H. The lowest BCUT2D eigenvalue weighted by Gasteiger charge is -2.09. The van der Waals surface area contributed by atoms with Gasteiger partial charge in [-0.15, -0.1) is 24.0 Å². The summed E-state index contributed by atoms with van der Waals surface area (Å²) < 4.78 is 38.0. The van der Waals surface area contributed by atoms with Gasteiger partial charge in [-0.3, -0.25) is 0 Å². The summed E-state index contributed by atoms with van der Waals surface area (Å²) in [5.41, 5.74) is 7.50. The van der Waals surface area contributed by atoms with Crippen molar-refractivity contribution in [1.29, 1.82) is 0 Å². The molecule has 0 spiro atoms. The highest BCUT2D eigenvalue weighted by Gasteiger charge is 2.30. The normalized spacial score (nSPS) is 11.8. The highest BCUT2D eigenvalue weighted by Crippen LogP contribution is 2.29. The quantitative estimate of drug-likeness (QED) is 0.400. The summed E-state index contributed by atoms with van der Waals surface area (Å²) in [5.74, 6) is 0.163. The van der Waals surface area contributed by atoms with E-state index >= 15 is 0 Å². The molecule has 24 heavy (non-hydrogen) atoms. The molecule has 2 aromatic rings. The largest absolute Gasteiger partial charge is 0.416 e. The van der Waals surface area contributed by atoms with E-state index in [0.29, 0.717) is 5.56 Å². The van der Waals surface area contributed by atoms with Crippen LogP contribution in [0.3, 0.4) is 0 Å². The van der Waals surface area contributed by atoms with Crippen molar-refractivity contribution in [2.24, 2.45) is 10.7 Å². The maximum atomic E-state index is 12.7. The van der Waals surface area contributed by atoms with Gasteiger partial charge in [0, 0.05) is 5.69 Å². The first-order chi connectivity index (χ1) is 10.9. The van der Waals surface area contributed by atoms with Gasteiger partial charge in [0.05, 0.1) is 12.1 Å². The van der Waals surface area contributed by atoms with E-state index in [2.05, 4.69) is 10.3 Å². The van der Waals surface area contributed by atoms with Crippen LogP contribution >= 0.6 is 24.0 Å². The molecule has 0 aliphatic carbocycles. The Balaban J connectivity index is 0.00000288. The zero-order valence-corrected chi connectivity index (χ0v) is 15.4. The van der Waals surface area contributed by atoms with E-state index < -0.39 is 11.7 Å². The molecule has 0 atom stereocenters. The highest BCUT2D eigenvalue weighted by atomic mass is 127. The van der Waals surface area contributed by atoms with Crippen molar-refractivity contribution < 1.29 is 13.2 Å². The van der Waals surface area contributed by atoms with Gasteiger partial charge < -0.3 is 11.1 Å². The minimum Gasteiger partial charge on any atom is -0.370 e. The zero-order valence-electron chi connectivity index (χ0n) is 13.1. The predicted octanol–water partition coefficient (Wildman–Crippen LogP) is 4.81. The van der Waals surface area contributed by atoms with Crippen LogP contribution in [0.15, 0.2) is 53.5 Å². The lowest BCUT2D eigenvalue weighted by atomic mass is 10.1. The van der Waals surface area contributed by atoms with Crippen molar-refractivity contribution in [3.05, 3.63) is 65.2 Å². The molecule has 3 N–H and O–H groups in total. The fourth-order valence-electron chi connectivity index (χ4n) is 2.08. The topological polar surface area (TPSA) is 50.4 Å². The molecular formula is C17H19F3IN3. The predicted molar refractivity (Wildman–Crippen MR) is 102 cm³/mol. The van der Waals surface area contributed by atoms with Crippen molar-refractivity contribution in [1.82, 2.24) is 0 Å². The lowest BCUT2D eigenvalue weighted by molar-refractivity contribution is -0.137. The SMILES string of the molecule is CCc1cccc(NC(N)=NCc2cccc(C(F)(F)F)c2)c1.I. The Morgan fingerprint density at radius 3 is 2.42 bits per heavy atom. The number of nitrogens with one attached hydrogen (secondary N) is 1. The van der Waals surface area contributed by atoms with Crippen molar-refractivity contribution >= 4 is 35.6 Å². The first-order valence-corrected chi connectivity index (χ1v) is 7.20. The summed E-state index contributed by atoms with van der Waals surface area (Å²) >= 11 is 0. The zero-order chi connectivity index (χ0) is 16.9. The third-order valence-corrected chi connectivity index (χ3v) is 3.29. The number of halogens is 4. The molecule has 0 aliphatic rings. The molecule has 0 radical (unpaired) electrons. The minimum absolute atomic E-state index is 0. The monoisotopic (exact) mass is 449 g/mol. The molecule has 130 valence electrons. The third kappa shape index (κ3) is 6.03. The second-order valence-electron chi connectivity index (χ2n) is 5.08. The molecule has 0 amide bonds. The van der Waals surface area contributed by atoms with E-state index in [-0.39, 0.29) is 36.5 Å². The molecule has 0 saturated carbocycles. The maximum absolute atomic E-state index is 12.7. The number of anilines is 1. The van der Waals surface area contributed by atoms with E-state index in [0.717, 1.165) is 29.8 Å². The minimum atomic E-state index is -4.36. The van der Waals surface area contributed by atoms with Gasteiger partial charge in [-0.05, 0) is 41.8 Å². The van der Waals surface area contributed by atoms with Gasteiger partial charge in [-0.25, -0.2) is 4.99 Å². The molecule has 0 unspecified atom stereocenters. The van der Waals surface area contributed by atoms with Crippen LogP contribution < -0.4 is 11.1 Å². The number of aliphatic imine (C=N–C) groups is 1. The summed E-state index contributed by atoms with van der Waals surface area (Å²) in [6.45, 7) is 2.13. The number of rotatable bonds is 4. The van der Waals surface area contributed by atoms with E-state index in [1.54, 1.807) is 6.07 Å². The molecule has 0 bridgehead atoms. The Hall–Kier alpha value is -1.77. The average Bonchev–Trinajstić information content (AvgIpc) is 2.52. The van der Waals surface area contributed by atoms with Crippen molar-refractivity contribution in [2.75, 3.05) is 5.32 Å². The van der Waals surface area contributed by atoms with E-state index in [9.17, 15) is 13.2 Å². The maximum Gasteiger partial charge on any atom is 0.416 e. The second kappa shape index (κ2) is 8.91. The molecule has 0 heterocycles. The summed E-state index contributed by atoms with van der Waals surface area (Å²) in [5, 5.41) is 2.94. The number of aryl methyl sites for hydroxylation is 1. The Morgan fingerprint density at radius 1 is 1.08 bits per heavy atom. The van der Waals surface area contributed by atoms with Gasteiger partial charge in [-0.2, -0.15) is 13.2 Å². The van der Waals surface area contributed by atoms with Crippen molar-refractivity contribution in [3.8, 4) is 0 Å². The van der Waals surface area contributed by atoms with Crippen LogP contribution in [0.25, 0.3) is 0 Å². The van der Waals surface area contributed by atoms with Crippen LogP contribution in [-0.4, -0.2) is 5.96 Å². The summed E-state index contributed by atoms with van der Waals surface area (Å²) in [6, 6.07) is 12.8. The van der Waals surface area contributed by atoms with Gasteiger partial charge in [0.25, 0.3) is 0 Å². The third-order valence-electron chi connectivity index (χ3n) is 3.29. The van der Waals surface area contributed by atoms with E-state index in [1.807, 2.05) is 31.2 Å². The fraction of sp³-hybridized carbons (Fsp3) is 0.235. The number of hydrogen-bond acceptors (Lipinski definition) is 1. The molecule has 0 saturated heterocycles. The Kier molecular flexibility index (Phi) is 7.53. The van der Waals surface area contributed by atoms with Gasteiger partial charge in [0.15, 0.2) is 5.96 Å². The van der Waals surface area contributed by atoms with Gasteiger partial charge in [0.2, 0.25) is 0 Å². The second-order valence-corrected chi connectivity index (χ2v) is 5.08. The fourth-order valence-corrected chi connectivity index (χ4v) is 2.08. The molecule has 2 aromatic carbocycles. The van der Waals surface area contributed by atoms with E-state index in [1.165, 1.54) is 6.07 Å². The molecule has 0 fully saturated rings. The number of guanidine groups is 1. The van der Waals surface area contributed by atoms with Gasteiger partial charge in [0.1, 0.15) is 0 Å². The van der Waals surface area contributed by atoms with Crippen molar-refractivity contribution in [3.63, 3.8) is 0 Å². The number of hydrogen-bond donors (Lipinski definition) is 2. The van der Waals surface area contributed by atoms with Crippen LogP contribution in [0.5, 0.6) is 0 Å². The van der Waals surface area contributed by atoms with Gasteiger partial charge in [-0.1, -0.05) is 31.2 Å². The lowest BCUT2D eigenvalue weighted by Crippen LogP contribution is -2.22. The molecule has 2 rings (SSSR count). The molecule has 3 nitrogen and oxygen atoms in total. The van der Waals surface area contributed by atoms with Crippen molar-refractivity contribution in [2.45, 2.75) is 26.1 Å². The molecule has 0 aliphatic heterocycles. The molecule has 0 aromatic heterocycles. The Labute approximate surface area is 156 Å². The number of nitrogens with zero attached hydrogens (tertiary/aromatic N) is 1. The average molecular weight is 449 g/mol. The molecule has 7 heteroatoms. The summed E-state index contributed by atoms with van der Waals surface area (Å²) in [6.07, 6.45) is -3.46. The Bertz CT molecular complexity index is 699. The number of benzene rings is 2. The van der Waals surface area contributed by atoms with Gasteiger partial charge >= 0.3 is 6.18 Å². The van der Waals surface area contributed by atoms with Crippen LogP contribution in [-0.2, 0) is 19.1 Å².